The van der Waals surface area contributed by atoms with Gasteiger partial charge in [0.2, 0.25) is 5.91 Å². The van der Waals surface area contributed by atoms with Crippen molar-refractivity contribution in [1.29, 1.82) is 0 Å². The molecule has 1 amide bonds. The van der Waals surface area contributed by atoms with Gasteiger partial charge in [-0.2, -0.15) is 0 Å². The first-order valence-corrected chi connectivity index (χ1v) is 11.4. The number of thiazole rings is 1. The first kappa shape index (κ1) is 22.3. The fourth-order valence-corrected chi connectivity index (χ4v) is 4.37. The third kappa shape index (κ3) is 6.33. The molecule has 4 aromatic rings. The van der Waals surface area contributed by atoms with Gasteiger partial charge in [-0.05, 0) is 24.0 Å². The van der Waals surface area contributed by atoms with Crippen LogP contribution in [0.1, 0.15) is 40.0 Å². The summed E-state index contributed by atoms with van der Waals surface area (Å²) in [5.74, 6) is -0.0612. The lowest BCUT2D eigenvalue weighted by Gasteiger charge is -2.17. The zero-order valence-electron chi connectivity index (χ0n) is 17.8. The van der Waals surface area contributed by atoms with E-state index in [-0.39, 0.29) is 17.6 Å². The van der Waals surface area contributed by atoms with Gasteiger partial charge in [0.15, 0.2) is 0 Å². The largest absolute Gasteiger partial charge is 0.348 e. The first-order chi connectivity index (χ1) is 16.1. The molecule has 0 aliphatic rings. The van der Waals surface area contributed by atoms with Crippen molar-refractivity contribution in [2.24, 2.45) is 0 Å². The fraction of sp³-hybridized carbons (Fsp3) is 0.208. The lowest BCUT2D eigenvalue weighted by molar-refractivity contribution is -0.384. The Kier molecular flexibility index (Phi) is 7.21. The molecular weight excluding hydrogens is 438 g/mol. The molecular formula is C24H23N5O3S. The summed E-state index contributed by atoms with van der Waals surface area (Å²) >= 11 is 1.53. The van der Waals surface area contributed by atoms with Crippen molar-refractivity contribution in [3.05, 3.63) is 110 Å². The molecule has 0 radical (unpaired) electrons. The molecule has 9 heteroatoms. The summed E-state index contributed by atoms with van der Waals surface area (Å²) in [7, 11) is 0. The Hall–Kier alpha value is -3.85. The Morgan fingerprint density at radius 1 is 1.12 bits per heavy atom. The average molecular weight is 462 g/mol. The highest BCUT2D eigenvalue weighted by molar-refractivity contribution is 7.09. The molecule has 0 aliphatic heterocycles. The molecule has 0 spiro atoms. The van der Waals surface area contributed by atoms with Gasteiger partial charge in [0.25, 0.3) is 5.69 Å². The van der Waals surface area contributed by atoms with Crippen molar-refractivity contribution in [1.82, 2.24) is 20.3 Å². The molecule has 168 valence electrons. The first-order valence-electron chi connectivity index (χ1n) is 10.5. The van der Waals surface area contributed by atoms with Crippen molar-refractivity contribution < 1.29 is 9.72 Å². The quantitative estimate of drug-likeness (QED) is 0.268. The van der Waals surface area contributed by atoms with Gasteiger partial charge in [-0.1, -0.05) is 42.5 Å². The summed E-state index contributed by atoms with van der Waals surface area (Å²) < 4.78 is 0. The number of nitro benzene ring substituents is 1. The van der Waals surface area contributed by atoms with Crippen LogP contribution >= 0.6 is 11.3 Å². The Labute approximate surface area is 194 Å². The summed E-state index contributed by atoms with van der Waals surface area (Å²) in [5, 5.41) is 16.9. The molecule has 2 aromatic heterocycles. The van der Waals surface area contributed by atoms with Crippen molar-refractivity contribution in [2.45, 2.75) is 31.7 Å². The molecule has 2 aromatic carbocycles. The van der Waals surface area contributed by atoms with Gasteiger partial charge in [0.1, 0.15) is 0 Å². The molecule has 0 unspecified atom stereocenters. The molecule has 0 bridgehead atoms. The number of non-ortho nitro benzene ring substituents is 1. The topological polar surface area (TPSA) is 114 Å². The fourth-order valence-electron chi connectivity index (χ4n) is 3.50. The Bertz CT molecular complexity index is 1190. The number of carbonyl (C=O) groups is 1. The second-order valence-electron chi connectivity index (χ2n) is 7.65. The van der Waals surface area contributed by atoms with Crippen LogP contribution in [0.3, 0.4) is 0 Å². The van der Waals surface area contributed by atoms with E-state index in [4.69, 9.17) is 4.98 Å². The predicted molar refractivity (Wildman–Crippen MR) is 126 cm³/mol. The highest BCUT2D eigenvalue weighted by Crippen LogP contribution is 2.24. The van der Waals surface area contributed by atoms with Crippen molar-refractivity contribution in [3.8, 4) is 0 Å². The average Bonchev–Trinajstić information content (AvgIpc) is 3.51. The lowest BCUT2D eigenvalue weighted by Crippen LogP contribution is -2.30. The number of amides is 1. The zero-order valence-corrected chi connectivity index (χ0v) is 18.6. The molecule has 2 heterocycles. The van der Waals surface area contributed by atoms with Gasteiger partial charge < -0.3 is 10.3 Å². The van der Waals surface area contributed by atoms with Crippen LogP contribution in [0, 0.1) is 10.1 Å². The van der Waals surface area contributed by atoms with Crippen LogP contribution < -0.4 is 5.32 Å². The second-order valence-corrected chi connectivity index (χ2v) is 8.60. The molecule has 0 fully saturated rings. The van der Waals surface area contributed by atoms with Crippen LogP contribution in [-0.2, 0) is 24.1 Å². The van der Waals surface area contributed by atoms with Gasteiger partial charge in [0, 0.05) is 42.2 Å². The number of nitrogens with one attached hydrogen (secondary N) is 2. The summed E-state index contributed by atoms with van der Waals surface area (Å²) in [6.45, 7) is 0. The minimum absolute atomic E-state index is 0.0395. The number of hydrogen-bond acceptors (Lipinski definition) is 6. The van der Waals surface area contributed by atoms with Crippen LogP contribution in [0.25, 0.3) is 0 Å². The van der Waals surface area contributed by atoms with E-state index >= 15 is 0 Å². The SMILES string of the molecule is O=C(CCc1ccccc1)N[C@@H](Cc1ccc([N+](=O)[O-])cc1)c1csc(Cc2cnc[nH]2)n1. The van der Waals surface area contributed by atoms with Gasteiger partial charge in [-0.25, -0.2) is 9.97 Å². The van der Waals surface area contributed by atoms with Gasteiger partial charge in [0.05, 0.1) is 28.0 Å². The molecule has 2 N–H and O–H groups in total. The maximum absolute atomic E-state index is 12.8. The van der Waals surface area contributed by atoms with E-state index in [0.29, 0.717) is 25.7 Å². The number of H-pyrrole nitrogens is 1. The van der Waals surface area contributed by atoms with Crippen molar-refractivity contribution in [2.75, 3.05) is 0 Å². The number of carbonyl (C=O) groups excluding carboxylic acids is 1. The normalized spacial score (nSPS) is 11.8. The van der Waals surface area contributed by atoms with Crippen LogP contribution in [0.5, 0.6) is 0 Å². The Balaban J connectivity index is 1.48. The third-order valence-corrected chi connectivity index (χ3v) is 6.10. The van der Waals surface area contributed by atoms with Crippen LogP contribution in [-0.4, -0.2) is 25.8 Å². The number of aromatic amines is 1. The van der Waals surface area contributed by atoms with Crippen LogP contribution in [0.4, 0.5) is 5.69 Å². The predicted octanol–water partition coefficient (Wildman–Crippen LogP) is 4.40. The molecule has 4 rings (SSSR count). The number of nitro groups is 1. The summed E-state index contributed by atoms with van der Waals surface area (Å²) in [6, 6.07) is 15.9. The van der Waals surface area contributed by atoms with E-state index in [1.165, 1.54) is 23.5 Å². The molecule has 0 saturated heterocycles. The number of nitrogens with zero attached hydrogens (tertiary/aromatic N) is 3. The van der Waals surface area contributed by atoms with Crippen LogP contribution in [0.2, 0.25) is 0 Å². The summed E-state index contributed by atoms with van der Waals surface area (Å²) in [6.07, 6.45) is 5.54. The molecule has 1 atom stereocenters. The van der Waals surface area contributed by atoms with Gasteiger partial charge in [-0.3, -0.25) is 14.9 Å². The maximum Gasteiger partial charge on any atom is 0.269 e. The molecule has 0 saturated carbocycles. The van der Waals surface area contributed by atoms with Gasteiger partial charge >= 0.3 is 0 Å². The maximum atomic E-state index is 12.8. The van der Waals surface area contributed by atoms with E-state index in [9.17, 15) is 14.9 Å². The highest BCUT2D eigenvalue weighted by Gasteiger charge is 2.19. The number of benzene rings is 2. The van der Waals surface area contributed by atoms with Crippen molar-refractivity contribution in [3.63, 3.8) is 0 Å². The van der Waals surface area contributed by atoms with Gasteiger partial charge in [-0.15, -0.1) is 11.3 Å². The summed E-state index contributed by atoms with van der Waals surface area (Å²) in [4.78, 5) is 35.2. The number of aromatic nitrogens is 3. The number of imidazole rings is 1. The van der Waals surface area contributed by atoms with E-state index in [0.717, 1.165) is 27.5 Å². The standard InChI is InChI=1S/C24H23N5O3S/c30-23(11-8-17-4-2-1-3-5-17)27-21(12-18-6-9-20(10-7-18)29(31)32)22-15-33-24(28-22)13-19-14-25-16-26-19/h1-7,9-10,14-16,21H,8,11-13H2,(H,25,26)(H,27,30)/t21-/m0/s1. The monoisotopic (exact) mass is 461 g/mol. The van der Waals surface area contributed by atoms with Crippen molar-refractivity contribution >= 4 is 22.9 Å². The summed E-state index contributed by atoms with van der Waals surface area (Å²) in [5.41, 5.74) is 3.78. The second kappa shape index (κ2) is 10.6. The Morgan fingerprint density at radius 2 is 1.91 bits per heavy atom. The Morgan fingerprint density at radius 3 is 2.61 bits per heavy atom. The number of rotatable bonds is 10. The zero-order chi connectivity index (χ0) is 23.0. The molecule has 33 heavy (non-hydrogen) atoms. The number of aryl methyl sites for hydroxylation is 1. The van der Waals surface area contributed by atoms with Crippen LogP contribution in [0.15, 0.2) is 72.5 Å². The minimum Gasteiger partial charge on any atom is -0.348 e. The molecule has 8 nitrogen and oxygen atoms in total. The van der Waals surface area contributed by atoms with E-state index < -0.39 is 4.92 Å². The third-order valence-electron chi connectivity index (χ3n) is 5.23. The van der Waals surface area contributed by atoms with E-state index in [1.54, 1.807) is 24.7 Å². The van der Waals surface area contributed by atoms with E-state index in [1.807, 2.05) is 35.7 Å². The molecule has 0 aliphatic carbocycles. The minimum atomic E-state index is -0.422. The highest BCUT2D eigenvalue weighted by atomic mass is 32.1. The lowest BCUT2D eigenvalue weighted by atomic mass is 10.0. The number of hydrogen-bond donors (Lipinski definition) is 2. The smallest absolute Gasteiger partial charge is 0.269 e. The van der Waals surface area contributed by atoms with E-state index in [2.05, 4.69) is 15.3 Å².